The van der Waals surface area contributed by atoms with Crippen LogP contribution in [0, 0.1) is 0 Å². The number of amides is 1. The molecule has 6 nitrogen and oxygen atoms in total. The highest BCUT2D eigenvalue weighted by Crippen LogP contribution is 2.20. The smallest absolute Gasteiger partial charge is 0.422 e. The van der Waals surface area contributed by atoms with Crippen LogP contribution in [0.25, 0.3) is 0 Å². The van der Waals surface area contributed by atoms with Gasteiger partial charge in [-0.05, 0) is 42.5 Å². The summed E-state index contributed by atoms with van der Waals surface area (Å²) in [5.74, 6) is -0.470. The van der Waals surface area contributed by atoms with Crippen LogP contribution in [0.2, 0.25) is 5.02 Å². The second kappa shape index (κ2) is 9.26. The summed E-state index contributed by atoms with van der Waals surface area (Å²) in [6.45, 7) is -1.56. The van der Waals surface area contributed by atoms with Gasteiger partial charge >= 0.3 is 6.18 Å². The van der Waals surface area contributed by atoms with Crippen LogP contribution in [0.5, 0.6) is 5.75 Å². The minimum absolute atomic E-state index is 0.00426. The molecule has 2 aromatic rings. The van der Waals surface area contributed by atoms with Gasteiger partial charge in [0.05, 0.1) is 4.90 Å². The van der Waals surface area contributed by atoms with Crippen LogP contribution in [0.4, 0.5) is 18.9 Å². The van der Waals surface area contributed by atoms with E-state index in [1.807, 2.05) is 0 Å². The fraction of sp³-hybridized carbons (Fsp3) is 0.235. The minimum atomic E-state index is -4.44. The van der Waals surface area contributed by atoms with E-state index in [9.17, 15) is 26.4 Å². The molecule has 28 heavy (non-hydrogen) atoms. The number of ether oxygens (including phenoxy) is 1. The van der Waals surface area contributed by atoms with Crippen LogP contribution in [-0.4, -0.2) is 33.7 Å². The van der Waals surface area contributed by atoms with E-state index in [0.29, 0.717) is 5.69 Å². The summed E-state index contributed by atoms with van der Waals surface area (Å²) >= 11 is 5.76. The number of halogens is 4. The van der Waals surface area contributed by atoms with Crippen LogP contribution >= 0.6 is 11.6 Å². The van der Waals surface area contributed by atoms with E-state index in [0.717, 1.165) is 0 Å². The quantitative estimate of drug-likeness (QED) is 0.662. The molecule has 11 heteroatoms. The number of alkyl halides is 3. The Kier molecular flexibility index (Phi) is 7.28. The number of benzene rings is 2. The van der Waals surface area contributed by atoms with E-state index in [2.05, 4.69) is 14.8 Å². The second-order valence-corrected chi connectivity index (χ2v) is 7.78. The molecule has 0 aliphatic rings. The van der Waals surface area contributed by atoms with Gasteiger partial charge in [0.25, 0.3) is 0 Å². The monoisotopic (exact) mass is 436 g/mol. The summed E-state index contributed by atoms with van der Waals surface area (Å²) in [5, 5.41) is 2.77. The summed E-state index contributed by atoms with van der Waals surface area (Å²) < 4.78 is 67.3. The number of carbonyl (C=O) groups excluding carboxylic acids is 1. The van der Waals surface area contributed by atoms with E-state index in [1.165, 1.54) is 48.5 Å². The van der Waals surface area contributed by atoms with Crippen molar-refractivity contribution < 1.29 is 31.1 Å². The maximum Gasteiger partial charge on any atom is 0.422 e. The number of hydrogen-bond donors (Lipinski definition) is 2. The van der Waals surface area contributed by atoms with Gasteiger partial charge in [-0.2, -0.15) is 13.2 Å². The highest BCUT2D eigenvalue weighted by Gasteiger charge is 2.28. The average Bonchev–Trinajstić information content (AvgIpc) is 2.60. The molecule has 0 spiro atoms. The number of rotatable bonds is 8. The number of nitrogens with one attached hydrogen (secondary N) is 2. The summed E-state index contributed by atoms with van der Waals surface area (Å²) in [6.07, 6.45) is -4.59. The molecule has 2 aromatic carbocycles. The molecule has 1 amide bonds. The van der Waals surface area contributed by atoms with Crippen LogP contribution in [0.15, 0.2) is 53.4 Å². The van der Waals surface area contributed by atoms with Gasteiger partial charge in [0.2, 0.25) is 15.9 Å². The molecule has 0 radical (unpaired) electrons. The Hall–Kier alpha value is -2.30. The van der Waals surface area contributed by atoms with Crippen LogP contribution < -0.4 is 14.8 Å². The van der Waals surface area contributed by atoms with E-state index in [-0.39, 0.29) is 28.6 Å². The zero-order valence-corrected chi connectivity index (χ0v) is 15.9. The van der Waals surface area contributed by atoms with Gasteiger partial charge in [0, 0.05) is 23.7 Å². The number of hydrogen-bond acceptors (Lipinski definition) is 4. The van der Waals surface area contributed by atoms with Crippen molar-refractivity contribution >= 4 is 33.2 Å². The Morgan fingerprint density at radius 3 is 2.39 bits per heavy atom. The predicted molar refractivity (Wildman–Crippen MR) is 97.9 cm³/mol. The SMILES string of the molecule is O=C(CCNS(=O)(=O)c1cccc(Cl)c1)Nc1ccc(OCC(F)(F)F)cc1. The molecule has 0 atom stereocenters. The Morgan fingerprint density at radius 2 is 1.79 bits per heavy atom. The first kappa shape index (κ1) is 22.0. The van der Waals surface area contributed by atoms with Gasteiger partial charge in [0.15, 0.2) is 6.61 Å². The Labute approximate surface area is 164 Å². The molecule has 0 aliphatic heterocycles. The normalized spacial score (nSPS) is 11.9. The van der Waals surface area contributed by atoms with Gasteiger partial charge < -0.3 is 10.1 Å². The van der Waals surface area contributed by atoms with E-state index >= 15 is 0 Å². The first-order valence-corrected chi connectivity index (χ1v) is 9.76. The molecule has 152 valence electrons. The minimum Gasteiger partial charge on any atom is -0.484 e. The summed E-state index contributed by atoms with van der Waals surface area (Å²) in [4.78, 5) is 11.9. The molecule has 0 saturated carbocycles. The van der Waals surface area contributed by atoms with Crippen molar-refractivity contribution in [1.82, 2.24) is 4.72 Å². The van der Waals surface area contributed by atoms with Crippen molar-refractivity contribution in [1.29, 1.82) is 0 Å². The van der Waals surface area contributed by atoms with Crippen molar-refractivity contribution in [2.45, 2.75) is 17.5 Å². The molecule has 0 saturated heterocycles. The van der Waals surface area contributed by atoms with Gasteiger partial charge in [-0.3, -0.25) is 4.79 Å². The lowest BCUT2D eigenvalue weighted by Crippen LogP contribution is -2.27. The summed E-state index contributed by atoms with van der Waals surface area (Å²) in [7, 11) is -3.80. The van der Waals surface area contributed by atoms with Gasteiger partial charge in [-0.1, -0.05) is 17.7 Å². The predicted octanol–water partition coefficient (Wildman–Crippen LogP) is 3.59. The first-order valence-electron chi connectivity index (χ1n) is 7.90. The molecule has 0 heterocycles. The lowest BCUT2D eigenvalue weighted by atomic mass is 10.3. The maximum absolute atomic E-state index is 12.1. The summed E-state index contributed by atoms with van der Waals surface area (Å²) in [6, 6.07) is 11.0. The molecule has 0 aliphatic carbocycles. The van der Waals surface area contributed by atoms with E-state index in [4.69, 9.17) is 11.6 Å². The third-order valence-corrected chi connectivity index (χ3v) is 4.98. The molecule has 0 fully saturated rings. The Morgan fingerprint density at radius 1 is 1.11 bits per heavy atom. The fourth-order valence-corrected chi connectivity index (χ4v) is 3.37. The maximum atomic E-state index is 12.1. The van der Waals surface area contributed by atoms with Crippen molar-refractivity contribution in [3.05, 3.63) is 53.6 Å². The van der Waals surface area contributed by atoms with Crippen LogP contribution in [-0.2, 0) is 14.8 Å². The lowest BCUT2D eigenvalue weighted by molar-refractivity contribution is -0.153. The topological polar surface area (TPSA) is 84.5 Å². The largest absolute Gasteiger partial charge is 0.484 e. The van der Waals surface area contributed by atoms with Gasteiger partial charge in [0.1, 0.15) is 5.75 Å². The van der Waals surface area contributed by atoms with Gasteiger partial charge in [-0.15, -0.1) is 0 Å². The van der Waals surface area contributed by atoms with Crippen molar-refractivity contribution in [3.63, 3.8) is 0 Å². The third kappa shape index (κ3) is 7.37. The molecule has 0 aromatic heterocycles. The molecule has 2 rings (SSSR count). The fourth-order valence-electron chi connectivity index (χ4n) is 2.04. The number of sulfonamides is 1. The Bertz CT molecular complexity index is 919. The zero-order valence-electron chi connectivity index (χ0n) is 14.3. The zero-order chi connectivity index (χ0) is 20.8. The standard InChI is InChI=1S/C17H16ClF3N2O4S/c18-12-2-1-3-15(10-12)28(25,26)22-9-8-16(24)23-13-4-6-14(7-5-13)27-11-17(19,20)21/h1-7,10,22H,8-9,11H2,(H,23,24). The first-order chi connectivity index (χ1) is 13.0. The molecular formula is C17H16ClF3N2O4S. The number of carbonyl (C=O) groups is 1. The van der Waals surface area contributed by atoms with Gasteiger partial charge in [-0.25, -0.2) is 13.1 Å². The molecule has 0 unspecified atom stereocenters. The highest BCUT2D eigenvalue weighted by molar-refractivity contribution is 7.89. The average molecular weight is 437 g/mol. The highest BCUT2D eigenvalue weighted by atomic mass is 35.5. The second-order valence-electron chi connectivity index (χ2n) is 5.58. The van der Waals surface area contributed by atoms with Crippen molar-refractivity contribution in [3.8, 4) is 5.75 Å². The van der Waals surface area contributed by atoms with Crippen LogP contribution in [0.3, 0.4) is 0 Å². The van der Waals surface area contributed by atoms with Crippen molar-refractivity contribution in [2.24, 2.45) is 0 Å². The molecular weight excluding hydrogens is 421 g/mol. The third-order valence-electron chi connectivity index (χ3n) is 3.29. The lowest BCUT2D eigenvalue weighted by Gasteiger charge is -2.10. The van der Waals surface area contributed by atoms with E-state index < -0.39 is 28.7 Å². The molecule has 2 N–H and O–H groups in total. The molecule has 0 bridgehead atoms. The Balaban J connectivity index is 1.81. The van der Waals surface area contributed by atoms with E-state index in [1.54, 1.807) is 0 Å². The van der Waals surface area contributed by atoms with Crippen molar-refractivity contribution in [2.75, 3.05) is 18.5 Å². The van der Waals surface area contributed by atoms with Crippen LogP contribution in [0.1, 0.15) is 6.42 Å². The number of anilines is 1. The summed E-state index contributed by atoms with van der Waals surface area (Å²) in [5.41, 5.74) is 0.335.